The number of anilines is 1. The van der Waals surface area contributed by atoms with Crippen LogP contribution in [0, 0.1) is 0 Å². The van der Waals surface area contributed by atoms with Crippen LogP contribution in [-0.4, -0.2) is 47.7 Å². The molecule has 1 aliphatic rings. The molecular formula is C16H18N4O3S3. The van der Waals surface area contributed by atoms with E-state index in [-0.39, 0.29) is 10.8 Å². The van der Waals surface area contributed by atoms with Crippen molar-refractivity contribution in [2.24, 2.45) is 0 Å². The van der Waals surface area contributed by atoms with Crippen LogP contribution in [0.3, 0.4) is 0 Å². The van der Waals surface area contributed by atoms with E-state index >= 15 is 0 Å². The highest BCUT2D eigenvalue weighted by atomic mass is 32.2. The lowest BCUT2D eigenvalue weighted by Gasteiger charge is -2.15. The molecule has 7 nitrogen and oxygen atoms in total. The third kappa shape index (κ3) is 4.32. The third-order valence-electron chi connectivity index (χ3n) is 3.77. The van der Waals surface area contributed by atoms with Gasteiger partial charge in [0.2, 0.25) is 15.2 Å². The van der Waals surface area contributed by atoms with Crippen molar-refractivity contribution in [3.05, 3.63) is 42.5 Å². The summed E-state index contributed by atoms with van der Waals surface area (Å²) in [7, 11) is -3.48. The van der Waals surface area contributed by atoms with E-state index in [9.17, 15) is 13.2 Å². The summed E-state index contributed by atoms with van der Waals surface area (Å²) < 4.78 is 27.2. The van der Waals surface area contributed by atoms with Gasteiger partial charge in [-0.25, -0.2) is 8.42 Å². The van der Waals surface area contributed by atoms with E-state index < -0.39 is 10.0 Å². The number of rotatable bonds is 7. The second-order valence-corrected chi connectivity index (χ2v) is 9.75. The molecule has 0 atom stereocenters. The number of hydrogen-bond donors (Lipinski definition) is 1. The van der Waals surface area contributed by atoms with Crippen LogP contribution in [-0.2, 0) is 10.0 Å². The first-order valence-electron chi connectivity index (χ1n) is 7.99. The molecule has 0 unspecified atom stereocenters. The molecule has 3 rings (SSSR count). The molecule has 1 aromatic heterocycles. The number of nitrogens with zero attached hydrogens (tertiary/aromatic N) is 3. The molecule has 26 heavy (non-hydrogen) atoms. The fourth-order valence-electron chi connectivity index (χ4n) is 2.47. The zero-order chi connectivity index (χ0) is 18.6. The SMILES string of the molecule is C=CCSc1nnc(NC(=O)c2ccc(S(=O)(=O)N3CCCC3)cc2)s1. The molecule has 0 saturated carbocycles. The molecule has 2 aromatic rings. The standard InChI is InChI=1S/C16H18N4O3S3/c1-2-11-24-16-19-18-15(25-16)17-14(21)12-5-7-13(8-6-12)26(22,23)20-9-3-4-10-20/h2,5-8H,1,3-4,9-11H2,(H,17,18,21). The van der Waals surface area contributed by atoms with Gasteiger partial charge < -0.3 is 0 Å². The average molecular weight is 411 g/mol. The summed E-state index contributed by atoms with van der Waals surface area (Å²) >= 11 is 2.76. The molecule has 1 aliphatic heterocycles. The van der Waals surface area contributed by atoms with Gasteiger partial charge >= 0.3 is 0 Å². The Morgan fingerprint density at radius 2 is 1.96 bits per heavy atom. The average Bonchev–Trinajstić information content (AvgIpc) is 3.32. The Morgan fingerprint density at radius 3 is 2.62 bits per heavy atom. The summed E-state index contributed by atoms with van der Waals surface area (Å²) in [5, 5.41) is 11.0. The Morgan fingerprint density at radius 1 is 1.27 bits per heavy atom. The number of carbonyl (C=O) groups excluding carboxylic acids is 1. The molecule has 2 heterocycles. The van der Waals surface area contributed by atoms with Crippen molar-refractivity contribution >= 4 is 44.2 Å². The summed E-state index contributed by atoms with van der Waals surface area (Å²) in [6, 6.07) is 5.95. The van der Waals surface area contributed by atoms with Crippen LogP contribution in [0.2, 0.25) is 0 Å². The van der Waals surface area contributed by atoms with Gasteiger partial charge in [-0.2, -0.15) is 4.31 Å². The summed E-state index contributed by atoms with van der Waals surface area (Å²) in [5.74, 6) is 0.363. The van der Waals surface area contributed by atoms with Crippen LogP contribution in [0.4, 0.5) is 5.13 Å². The van der Waals surface area contributed by atoms with Crippen LogP contribution in [0.15, 0.2) is 46.2 Å². The van der Waals surface area contributed by atoms with Gasteiger partial charge in [0.15, 0.2) is 4.34 Å². The van der Waals surface area contributed by atoms with Crippen molar-refractivity contribution in [2.45, 2.75) is 22.1 Å². The van der Waals surface area contributed by atoms with Gasteiger partial charge in [-0.1, -0.05) is 29.2 Å². The largest absolute Gasteiger partial charge is 0.296 e. The zero-order valence-corrected chi connectivity index (χ0v) is 16.4. The summed E-state index contributed by atoms with van der Waals surface area (Å²) in [4.78, 5) is 12.5. The fourth-order valence-corrected chi connectivity index (χ4v) is 5.50. The minimum Gasteiger partial charge on any atom is -0.296 e. The van der Waals surface area contributed by atoms with Gasteiger partial charge in [0.1, 0.15) is 0 Å². The van der Waals surface area contributed by atoms with Crippen molar-refractivity contribution in [1.82, 2.24) is 14.5 Å². The Balaban J connectivity index is 1.67. The first-order valence-corrected chi connectivity index (χ1v) is 11.2. The zero-order valence-electron chi connectivity index (χ0n) is 13.9. The van der Waals surface area contributed by atoms with E-state index in [1.54, 1.807) is 6.08 Å². The lowest BCUT2D eigenvalue weighted by Crippen LogP contribution is -2.27. The Bertz CT molecular complexity index is 888. The molecule has 0 aliphatic carbocycles. The van der Waals surface area contributed by atoms with Crippen LogP contribution in [0.5, 0.6) is 0 Å². The van der Waals surface area contributed by atoms with Crippen LogP contribution >= 0.6 is 23.1 Å². The van der Waals surface area contributed by atoms with E-state index in [1.807, 2.05) is 0 Å². The number of nitrogens with one attached hydrogen (secondary N) is 1. The molecular weight excluding hydrogens is 392 g/mol. The topological polar surface area (TPSA) is 92.3 Å². The van der Waals surface area contributed by atoms with Crippen LogP contribution in [0.25, 0.3) is 0 Å². The van der Waals surface area contributed by atoms with E-state index in [0.29, 0.717) is 23.8 Å². The van der Waals surface area contributed by atoms with Gasteiger partial charge in [-0.3, -0.25) is 10.1 Å². The molecule has 138 valence electrons. The van der Waals surface area contributed by atoms with E-state index in [2.05, 4.69) is 22.1 Å². The number of sulfonamides is 1. The molecule has 0 radical (unpaired) electrons. The van der Waals surface area contributed by atoms with Crippen molar-refractivity contribution in [3.63, 3.8) is 0 Å². The van der Waals surface area contributed by atoms with Gasteiger partial charge in [0.05, 0.1) is 4.90 Å². The number of hydrogen-bond acceptors (Lipinski definition) is 7. The van der Waals surface area contributed by atoms with Crippen LogP contribution in [0.1, 0.15) is 23.2 Å². The molecule has 10 heteroatoms. The minimum atomic E-state index is -3.48. The highest BCUT2D eigenvalue weighted by Crippen LogP contribution is 2.26. The number of carbonyl (C=O) groups is 1. The van der Waals surface area contributed by atoms with Crippen molar-refractivity contribution in [1.29, 1.82) is 0 Å². The van der Waals surface area contributed by atoms with Gasteiger partial charge in [-0.05, 0) is 37.1 Å². The lowest BCUT2D eigenvalue weighted by atomic mass is 10.2. The van der Waals surface area contributed by atoms with Crippen molar-refractivity contribution in [2.75, 3.05) is 24.2 Å². The lowest BCUT2D eigenvalue weighted by molar-refractivity contribution is 0.102. The maximum atomic E-state index is 12.5. The molecule has 1 amide bonds. The first-order chi connectivity index (χ1) is 12.5. The molecule has 0 spiro atoms. The number of amides is 1. The predicted molar refractivity (Wildman–Crippen MR) is 103 cm³/mol. The number of thioether (sulfide) groups is 1. The fraction of sp³-hybridized carbons (Fsp3) is 0.312. The predicted octanol–water partition coefficient (Wildman–Crippen LogP) is 2.85. The third-order valence-corrected chi connectivity index (χ3v) is 7.65. The maximum absolute atomic E-state index is 12.5. The first kappa shape index (κ1) is 19.0. The van der Waals surface area contributed by atoms with Crippen LogP contribution < -0.4 is 5.32 Å². The summed E-state index contributed by atoms with van der Waals surface area (Å²) in [6.45, 7) is 4.74. The van der Waals surface area contributed by atoms with E-state index in [0.717, 1.165) is 22.9 Å². The quantitative estimate of drug-likeness (QED) is 0.429. The normalized spacial score (nSPS) is 15.1. The Labute approximate surface area is 160 Å². The smallest absolute Gasteiger partial charge is 0.257 e. The van der Waals surface area contributed by atoms with Crippen molar-refractivity contribution < 1.29 is 13.2 Å². The van der Waals surface area contributed by atoms with Crippen molar-refractivity contribution in [3.8, 4) is 0 Å². The molecule has 1 aromatic carbocycles. The Kier molecular flexibility index (Phi) is 6.07. The maximum Gasteiger partial charge on any atom is 0.257 e. The molecule has 0 bridgehead atoms. The van der Waals surface area contributed by atoms with E-state index in [1.165, 1.54) is 51.7 Å². The van der Waals surface area contributed by atoms with Gasteiger partial charge in [0.25, 0.3) is 5.91 Å². The minimum absolute atomic E-state index is 0.204. The van der Waals surface area contributed by atoms with Gasteiger partial charge in [-0.15, -0.1) is 16.8 Å². The monoisotopic (exact) mass is 410 g/mol. The second-order valence-electron chi connectivity index (χ2n) is 5.56. The molecule has 1 fully saturated rings. The van der Waals surface area contributed by atoms with E-state index in [4.69, 9.17) is 0 Å². The highest BCUT2D eigenvalue weighted by Gasteiger charge is 2.27. The summed E-state index contributed by atoms with van der Waals surface area (Å²) in [5.41, 5.74) is 0.362. The highest BCUT2D eigenvalue weighted by molar-refractivity contribution is 8.01. The molecule has 1 N–H and O–H groups in total. The summed E-state index contributed by atoms with van der Waals surface area (Å²) in [6.07, 6.45) is 3.53. The second kappa shape index (κ2) is 8.30. The Hall–Kier alpha value is -1.75. The number of benzene rings is 1. The van der Waals surface area contributed by atoms with Gasteiger partial charge in [0, 0.05) is 24.4 Å². The number of aromatic nitrogens is 2. The molecule has 1 saturated heterocycles.